The molecule has 6 rings (SSSR count). The summed E-state index contributed by atoms with van der Waals surface area (Å²) in [7, 11) is 0. The third kappa shape index (κ3) is 6.03. The van der Waals surface area contributed by atoms with E-state index in [1.54, 1.807) is 34.1 Å². The molecule has 3 aromatic heterocycles. The summed E-state index contributed by atoms with van der Waals surface area (Å²) in [5.74, 6) is 0.0426. The molecule has 1 aliphatic heterocycles. The first-order chi connectivity index (χ1) is 21.5. The van der Waals surface area contributed by atoms with Gasteiger partial charge < -0.3 is 20.9 Å². The predicted octanol–water partition coefficient (Wildman–Crippen LogP) is 3.94. The molecule has 12 nitrogen and oxygen atoms in total. The summed E-state index contributed by atoms with van der Waals surface area (Å²) in [5, 5.41) is 15.7. The minimum Gasteiger partial charge on any atom is -0.339 e. The Bertz CT molecular complexity index is 1810. The number of alkyl halides is 3. The van der Waals surface area contributed by atoms with Crippen LogP contribution in [0.3, 0.4) is 0 Å². The number of nitrogens with one attached hydrogen (secondary N) is 1. The van der Waals surface area contributed by atoms with E-state index >= 15 is 0 Å². The summed E-state index contributed by atoms with van der Waals surface area (Å²) >= 11 is 6.54. The number of carbonyl (C=O) groups excluding carboxylic acids is 2. The van der Waals surface area contributed by atoms with Gasteiger partial charge in [0.05, 0.1) is 34.1 Å². The van der Waals surface area contributed by atoms with Gasteiger partial charge in [0.15, 0.2) is 17.2 Å². The summed E-state index contributed by atoms with van der Waals surface area (Å²) in [4.78, 5) is 38.2. The Morgan fingerprint density at radius 2 is 1.89 bits per heavy atom. The van der Waals surface area contributed by atoms with Crippen LogP contribution in [0.1, 0.15) is 35.3 Å². The van der Waals surface area contributed by atoms with E-state index < -0.39 is 11.9 Å². The molecule has 4 aromatic rings. The number of carbonyl (C=O) groups is 2. The van der Waals surface area contributed by atoms with Crippen molar-refractivity contribution in [3.8, 4) is 17.3 Å². The van der Waals surface area contributed by atoms with Gasteiger partial charge in [-0.05, 0) is 37.5 Å². The molecule has 2 fully saturated rings. The van der Waals surface area contributed by atoms with E-state index in [1.165, 1.54) is 23.0 Å². The largest absolute Gasteiger partial charge is 0.435 e. The SMILES string of the molecule is N#CCn1cc(-c2cnc3c(Nc4ccc(C(=O)N5CCN(C(=O)[C@H]6CC[C@H](N)C6)CC5)c(Cl)c4)nccn23)c(C(F)(F)F)n1. The quantitative estimate of drug-likeness (QED) is 0.322. The highest BCUT2D eigenvalue weighted by Gasteiger charge is 2.38. The molecule has 0 bridgehead atoms. The Labute approximate surface area is 260 Å². The lowest BCUT2D eigenvalue weighted by molar-refractivity contribution is -0.141. The van der Waals surface area contributed by atoms with Crippen LogP contribution in [0.2, 0.25) is 5.02 Å². The van der Waals surface area contributed by atoms with Crippen molar-refractivity contribution in [3.05, 3.63) is 59.3 Å². The van der Waals surface area contributed by atoms with Crippen LogP contribution in [-0.2, 0) is 17.5 Å². The van der Waals surface area contributed by atoms with Gasteiger partial charge in [-0.3, -0.25) is 18.7 Å². The number of halogens is 4. The highest BCUT2D eigenvalue weighted by atomic mass is 35.5. The monoisotopic (exact) mass is 640 g/mol. The first kappa shape index (κ1) is 30.4. The van der Waals surface area contributed by atoms with Crippen LogP contribution in [-0.4, -0.2) is 78.0 Å². The highest BCUT2D eigenvalue weighted by Crippen LogP contribution is 2.37. The van der Waals surface area contributed by atoms with Crippen molar-refractivity contribution in [1.82, 2.24) is 33.9 Å². The maximum absolute atomic E-state index is 13.8. The Hall–Kier alpha value is -4.68. The number of hydrogen-bond donors (Lipinski definition) is 2. The van der Waals surface area contributed by atoms with Crippen molar-refractivity contribution in [2.45, 2.75) is 38.0 Å². The van der Waals surface area contributed by atoms with E-state index in [1.807, 2.05) is 0 Å². The van der Waals surface area contributed by atoms with Crippen molar-refractivity contribution >= 4 is 40.6 Å². The number of nitrogens with zero attached hydrogens (tertiary/aromatic N) is 8. The van der Waals surface area contributed by atoms with Crippen LogP contribution >= 0.6 is 11.6 Å². The maximum Gasteiger partial charge on any atom is 0.435 e. The number of amides is 2. The lowest BCUT2D eigenvalue weighted by Gasteiger charge is -2.36. The van der Waals surface area contributed by atoms with Crippen molar-refractivity contribution < 1.29 is 22.8 Å². The van der Waals surface area contributed by atoms with Gasteiger partial charge in [-0.2, -0.15) is 23.5 Å². The first-order valence-electron chi connectivity index (χ1n) is 14.3. The lowest BCUT2D eigenvalue weighted by atomic mass is 10.1. The Balaban J connectivity index is 1.17. The van der Waals surface area contributed by atoms with Crippen LogP contribution < -0.4 is 11.1 Å². The fraction of sp³-hybridized carbons (Fsp3) is 0.379. The predicted molar refractivity (Wildman–Crippen MR) is 157 cm³/mol. The van der Waals surface area contributed by atoms with E-state index in [9.17, 15) is 22.8 Å². The van der Waals surface area contributed by atoms with Crippen LogP contribution in [0.25, 0.3) is 16.9 Å². The molecule has 16 heteroatoms. The molecule has 0 spiro atoms. The van der Waals surface area contributed by atoms with Crippen LogP contribution in [0.15, 0.2) is 43.0 Å². The average Bonchev–Trinajstić information content (AvgIpc) is 3.75. The smallest absolute Gasteiger partial charge is 0.339 e. The van der Waals surface area contributed by atoms with Gasteiger partial charge >= 0.3 is 6.18 Å². The van der Waals surface area contributed by atoms with Gasteiger partial charge in [0.1, 0.15) is 6.54 Å². The third-order valence-corrected chi connectivity index (χ3v) is 8.44. The van der Waals surface area contributed by atoms with E-state index in [0.717, 1.165) is 23.7 Å². The molecule has 0 radical (unpaired) electrons. The van der Waals surface area contributed by atoms with Crippen molar-refractivity contribution in [3.63, 3.8) is 0 Å². The second-order valence-corrected chi connectivity index (χ2v) is 11.5. The topological polar surface area (TPSA) is 150 Å². The molecule has 4 heterocycles. The second-order valence-electron chi connectivity index (χ2n) is 11.1. The van der Waals surface area contributed by atoms with Crippen molar-refractivity contribution in [2.75, 3.05) is 31.5 Å². The van der Waals surface area contributed by atoms with E-state index in [0.29, 0.717) is 43.9 Å². The number of anilines is 2. The van der Waals surface area contributed by atoms with Gasteiger partial charge in [-0.15, -0.1) is 0 Å². The third-order valence-electron chi connectivity index (χ3n) is 8.13. The van der Waals surface area contributed by atoms with Gasteiger partial charge in [0.2, 0.25) is 5.91 Å². The van der Waals surface area contributed by atoms with Crippen LogP contribution in [0, 0.1) is 17.2 Å². The van der Waals surface area contributed by atoms with E-state index in [4.69, 9.17) is 22.6 Å². The molecular weight excluding hydrogens is 613 g/mol. The standard InChI is InChI=1S/C29H28ClF3N10O2/c30-22-14-19(3-4-20(22)28(45)41-11-9-40(10-12-41)27(44)17-1-2-18(35)13-17)38-25-26-37-15-23(43(26)8-6-36-25)21-16-42(7-5-34)39-24(21)29(31,32)33/h3-4,6,8,14-18H,1-2,7,9-13,35H2,(H,36,38)/t17-,18-/m0/s1. The van der Waals surface area contributed by atoms with Gasteiger partial charge in [0, 0.05) is 62.4 Å². The highest BCUT2D eigenvalue weighted by molar-refractivity contribution is 6.34. The number of fused-ring (bicyclic) bond motifs is 1. The minimum absolute atomic E-state index is 0.0450. The lowest BCUT2D eigenvalue weighted by Crippen LogP contribution is -2.51. The van der Waals surface area contributed by atoms with Crippen molar-refractivity contribution in [1.29, 1.82) is 5.26 Å². The number of piperazine rings is 1. The summed E-state index contributed by atoms with van der Waals surface area (Å²) in [6.45, 7) is 1.32. The number of aromatic nitrogens is 5. The molecule has 2 atom stereocenters. The summed E-state index contributed by atoms with van der Waals surface area (Å²) in [6.07, 6.45) is 2.90. The molecule has 1 saturated heterocycles. The molecular formula is C29H28ClF3N10O2. The summed E-state index contributed by atoms with van der Waals surface area (Å²) in [6, 6.07) is 6.64. The van der Waals surface area contributed by atoms with Crippen molar-refractivity contribution in [2.24, 2.45) is 11.7 Å². The van der Waals surface area contributed by atoms with Gasteiger partial charge in [-0.1, -0.05) is 11.6 Å². The summed E-state index contributed by atoms with van der Waals surface area (Å²) in [5.41, 5.74) is 5.72. The molecule has 3 N–H and O–H groups in total. The van der Waals surface area contributed by atoms with E-state index in [-0.39, 0.29) is 58.1 Å². The molecule has 2 amide bonds. The number of imidazole rings is 1. The fourth-order valence-electron chi connectivity index (χ4n) is 5.88. The molecule has 234 valence electrons. The number of nitrogens with two attached hydrogens (primary N) is 1. The number of hydrogen-bond acceptors (Lipinski definition) is 8. The molecule has 2 aliphatic rings. The van der Waals surface area contributed by atoms with E-state index in [2.05, 4.69) is 20.4 Å². The Morgan fingerprint density at radius 1 is 1.13 bits per heavy atom. The minimum atomic E-state index is -4.75. The number of nitriles is 1. The molecule has 1 saturated carbocycles. The van der Waals surface area contributed by atoms with Crippen LogP contribution in [0.4, 0.5) is 24.7 Å². The van der Waals surface area contributed by atoms with Gasteiger partial charge in [-0.25, -0.2) is 9.97 Å². The molecule has 1 aliphatic carbocycles. The zero-order valence-corrected chi connectivity index (χ0v) is 24.6. The normalized spacial score (nSPS) is 18.8. The van der Waals surface area contributed by atoms with Crippen LogP contribution in [0.5, 0.6) is 0 Å². The molecule has 45 heavy (non-hydrogen) atoms. The summed E-state index contributed by atoms with van der Waals surface area (Å²) < 4.78 is 43.6. The number of benzene rings is 1. The number of rotatable bonds is 6. The first-order valence-corrected chi connectivity index (χ1v) is 14.7. The average molecular weight is 641 g/mol. The second kappa shape index (κ2) is 12.0. The fourth-order valence-corrected chi connectivity index (χ4v) is 6.14. The maximum atomic E-state index is 13.8. The van der Waals surface area contributed by atoms with Gasteiger partial charge in [0.25, 0.3) is 5.91 Å². The Kier molecular flexibility index (Phi) is 8.10. The molecule has 0 unspecified atom stereocenters. The zero-order chi connectivity index (χ0) is 31.9. The Morgan fingerprint density at radius 3 is 2.56 bits per heavy atom. The molecule has 1 aromatic carbocycles. The zero-order valence-electron chi connectivity index (χ0n) is 23.8.